The summed E-state index contributed by atoms with van der Waals surface area (Å²) in [5.74, 6) is 0.804. The fourth-order valence-electron chi connectivity index (χ4n) is 3.15. The first-order valence-corrected chi connectivity index (χ1v) is 6.23. The van der Waals surface area contributed by atoms with Crippen LogP contribution in [0.25, 0.3) is 0 Å². The lowest BCUT2D eigenvalue weighted by molar-refractivity contribution is 0.265. The summed E-state index contributed by atoms with van der Waals surface area (Å²) in [6.07, 6.45) is 2.08. The third-order valence-electron chi connectivity index (χ3n) is 4.13. The lowest BCUT2D eigenvalue weighted by atomic mass is 9.74. The normalized spacial score (nSPS) is 36.8. The number of halogens is 1. The molecule has 1 aliphatic heterocycles. The summed E-state index contributed by atoms with van der Waals surface area (Å²) >= 11 is 0. The molecule has 4 N–H and O–H groups in total. The van der Waals surface area contributed by atoms with E-state index in [1.807, 2.05) is 12.1 Å². The second kappa shape index (κ2) is 4.37. The molecule has 1 saturated carbocycles. The molecule has 4 unspecified atom stereocenters. The summed E-state index contributed by atoms with van der Waals surface area (Å²) in [5, 5.41) is 0. The highest BCUT2D eigenvalue weighted by Crippen LogP contribution is 2.36. The van der Waals surface area contributed by atoms with Crippen LogP contribution in [0.3, 0.4) is 0 Å². The number of benzene rings is 1. The van der Waals surface area contributed by atoms with E-state index < -0.39 is 0 Å². The molecule has 0 amide bonds. The van der Waals surface area contributed by atoms with Crippen molar-refractivity contribution in [2.45, 2.75) is 30.8 Å². The van der Waals surface area contributed by atoms with Gasteiger partial charge >= 0.3 is 0 Å². The Hall–Kier alpha value is -0.970. The van der Waals surface area contributed by atoms with E-state index in [0.29, 0.717) is 17.9 Å². The van der Waals surface area contributed by atoms with Crippen molar-refractivity contribution in [3.8, 4) is 0 Å². The monoisotopic (exact) mass is 235 g/mol. The van der Waals surface area contributed by atoms with Gasteiger partial charge in [0.2, 0.25) is 0 Å². The van der Waals surface area contributed by atoms with Crippen molar-refractivity contribution in [3.63, 3.8) is 0 Å². The van der Waals surface area contributed by atoms with Crippen LogP contribution in [0.4, 0.5) is 4.39 Å². The van der Waals surface area contributed by atoms with Crippen molar-refractivity contribution >= 4 is 0 Å². The van der Waals surface area contributed by atoms with Crippen LogP contribution in [0.15, 0.2) is 24.3 Å². The topological polar surface area (TPSA) is 50.1 Å². The summed E-state index contributed by atoms with van der Waals surface area (Å²) in [6, 6.07) is 7.52. The van der Waals surface area contributed by atoms with E-state index in [0.717, 1.165) is 19.4 Å². The maximum Gasteiger partial charge on any atom is 0.123 e. The van der Waals surface area contributed by atoms with Crippen molar-refractivity contribution in [3.05, 3.63) is 35.6 Å². The van der Waals surface area contributed by atoms with Gasteiger partial charge in [-0.15, -0.1) is 0 Å². The summed E-state index contributed by atoms with van der Waals surface area (Å²) < 4.78 is 12.9. The van der Waals surface area contributed by atoms with Gasteiger partial charge in [0, 0.05) is 24.5 Å². The van der Waals surface area contributed by atoms with E-state index in [1.54, 1.807) is 0 Å². The highest BCUT2D eigenvalue weighted by atomic mass is 19.1. The second-order valence-corrected chi connectivity index (χ2v) is 5.18. The Morgan fingerprint density at radius 1 is 1.18 bits per heavy atom. The summed E-state index contributed by atoms with van der Waals surface area (Å²) in [6.45, 7) is 0.960. The van der Waals surface area contributed by atoms with Gasteiger partial charge in [0.15, 0.2) is 0 Å². The van der Waals surface area contributed by atoms with Crippen LogP contribution in [-0.2, 0) is 0 Å². The highest BCUT2D eigenvalue weighted by molar-refractivity contribution is 5.22. The molecule has 0 aromatic heterocycles. The number of rotatable bonds is 1. The molecule has 1 aromatic carbocycles. The first kappa shape index (κ1) is 11.1. The second-order valence-electron chi connectivity index (χ2n) is 5.18. The maximum absolute atomic E-state index is 12.9. The minimum Gasteiger partial charge on any atom is -0.327 e. The largest absolute Gasteiger partial charge is 0.327 e. The zero-order chi connectivity index (χ0) is 11.8. The number of nitrogens with one attached hydrogen (secondary N) is 2. The standard InChI is InChI=1S/C13H18FN3/c14-10-3-1-8(2-4-10)9-5-12(15)11-7-16-17-13(11)6-9/h1-4,9,11-13,16-17H,5-7,15H2. The Balaban J connectivity index is 1.78. The molecule has 3 nitrogen and oxygen atoms in total. The molecule has 1 aromatic rings. The predicted molar refractivity (Wildman–Crippen MR) is 64.8 cm³/mol. The predicted octanol–water partition coefficient (Wildman–Crippen LogP) is 1.12. The van der Waals surface area contributed by atoms with Gasteiger partial charge < -0.3 is 5.73 Å². The molecular weight excluding hydrogens is 217 g/mol. The molecule has 92 valence electrons. The molecule has 4 atom stereocenters. The molecule has 2 aliphatic rings. The number of nitrogens with two attached hydrogens (primary N) is 1. The van der Waals surface area contributed by atoms with Gasteiger partial charge in [-0.05, 0) is 36.5 Å². The van der Waals surface area contributed by atoms with Crippen molar-refractivity contribution in [1.29, 1.82) is 0 Å². The number of fused-ring (bicyclic) bond motifs is 1. The van der Waals surface area contributed by atoms with Crippen LogP contribution < -0.4 is 16.6 Å². The molecular formula is C13H18FN3. The third kappa shape index (κ3) is 2.08. The molecule has 0 bridgehead atoms. The molecule has 4 heteroatoms. The maximum atomic E-state index is 12.9. The van der Waals surface area contributed by atoms with Gasteiger partial charge in [0.1, 0.15) is 5.82 Å². The quantitative estimate of drug-likeness (QED) is 0.684. The van der Waals surface area contributed by atoms with Crippen LogP contribution in [0, 0.1) is 11.7 Å². The van der Waals surface area contributed by atoms with Crippen molar-refractivity contribution < 1.29 is 4.39 Å². The van der Waals surface area contributed by atoms with Gasteiger partial charge in [-0.2, -0.15) is 0 Å². The molecule has 1 heterocycles. The number of hydrogen-bond donors (Lipinski definition) is 3. The zero-order valence-electron chi connectivity index (χ0n) is 9.70. The summed E-state index contributed by atoms with van der Waals surface area (Å²) in [5.41, 5.74) is 13.9. The van der Waals surface area contributed by atoms with Gasteiger partial charge in [0.25, 0.3) is 0 Å². The molecule has 1 aliphatic carbocycles. The molecule has 1 saturated heterocycles. The molecule has 17 heavy (non-hydrogen) atoms. The van der Waals surface area contributed by atoms with E-state index >= 15 is 0 Å². The Morgan fingerprint density at radius 3 is 2.71 bits per heavy atom. The van der Waals surface area contributed by atoms with Gasteiger partial charge in [-0.3, -0.25) is 10.9 Å². The minimum absolute atomic E-state index is 0.174. The summed E-state index contributed by atoms with van der Waals surface area (Å²) in [7, 11) is 0. The fourth-order valence-corrected chi connectivity index (χ4v) is 3.15. The van der Waals surface area contributed by atoms with E-state index in [2.05, 4.69) is 10.9 Å². The highest BCUT2D eigenvalue weighted by Gasteiger charge is 2.39. The SMILES string of the molecule is NC1CC(c2ccc(F)cc2)CC2NNCC12. The smallest absolute Gasteiger partial charge is 0.123 e. The zero-order valence-corrected chi connectivity index (χ0v) is 9.70. The van der Waals surface area contributed by atoms with Gasteiger partial charge in [0.05, 0.1) is 0 Å². The van der Waals surface area contributed by atoms with E-state index in [4.69, 9.17) is 5.73 Å². The molecule has 0 spiro atoms. The fraction of sp³-hybridized carbons (Fsp3) is 0.538. The van der Waals surface area contributed by atoms with E-state index in [-0.39, 0.29) is 11.9 Å². The Kier molecular flexibility index (Phi) is 2.86. The Bertz CT molecular complexity index is 392. The average molecular weight is 235 g/mol. The van der Waals surface area contributed by atoms with Crippen LogP contribution in [0.5, 0.6) is 0 Å². The number of hydrogen-bond acceptors (Lipinski definition) is 3. The average Bonchev–Trinajstić information content (AvgIpc) is 2.78. The van der Waals surface area contributed by atoms with Crippen molar-refractivity contribution in [2.24, 2.45) is 11.7 Å². The van der Waals surface area contributed by atoms with Crippen molar-refractivity contribution in [1.82, 2.24) is 10.9 Å². The first-order valence-electron chi connectivity index (χ1n) is 6.23. The van der Waals surface area contributed by atoms with Crippen LogP contribution in [0.2, 0.25) is 0 Å². The van der Waals surface area contributed by atoms with Crippen molar-refractivity contribution in [2.75, 3.05) is 6.54 Å². The van der Waals surface area contributed by atoms with Crippen LogP contribution >= 0.6 is 0 Å². The first-order chi connectivity index (χ1) is 8.24. The minimum atomic E-state index is -0.174. The molecule has 2 fully saturated rings. The molecule has 0 radical (unpaired) electrons. The van der Waals surface area contributed by atoms with Crippen LogP contribution in [-0.4, -0.2) is 18.6 Å². The van der Waals surface area contributed by atoms with Gasteiger partial charge in [-0.25, -0.2) is 4.39 Å². The van der Waals surface area contributed by atoms with Gasteiger partial charge in [-0.1, -0.05) is 12.1 Å². The lowest BCUT2D eigenvalue weighted by Gasteiger charge is -2.35. The van der Waals surface area contributed by atoms with E-state index in [9.17, 15) is 4.39 Å². The van der Waals surface area contributed by atoms with Crippen LogP contribution in [0.1, 0.15) is 24.3 Å². The molecule has 3 rings (SSSR count). The summed E-state index contributed by atoms with van der Waals surface area (Å²) in [4.78, 5) is 0. The van der Waals surface area contributed by atoms with E-state index in [1.165, 1.54) is 17.7 Å². The third-order valence-corrected chi connectivity index (χ3v) is 4.13. The Morgan fingerprint density at radius 2 is 1.94 bits per heavy atom. The lowest BCUT2D eigenvalue weighted by Crippen LogP contribution is -2.46. The number of hydrazine groups is 1. The Labute approximate surface area is 101 Å².